The van der Waals surface area contributed by atoms with Gasteiger partial charge in [-0.1, -0.05) is 12.1 Å². The first-order chi connectivity index (χ1) is 13.0. The summed E-state index contributed by atoms with van der Waals surface area (Å²) in [5.41, 5.74) is 1.83. The van der Waals surface area contributed by atoms with Crippen LogP contribution in [0.5, 0.6) is 0 Å². The zero-order valence-electron chi connectivity index (χ0n) is 14.5. The summed E-state index contributed by atoms with van der Waals surface area (Å²) in [5.74, 6) is -0.632. The summed E-state index contributed by atoms with van der Waals surface area (Å²) < 4.78 is 7.59. The molecule has 0 bridgehead atoms. The van der Waals surface area contributed by atoms with Crippen molar-refractivity contribution in [1.29, 1.82) is 0 Å². The Morgan fingerprint density at radius 2 is 1.96 bits per heavy atom. The van der Waals surface area contributed by atoms with Crippen molar-refractivity contribution >= 4 is 28.3 Å². The van der Waals surface area contributed by atoms with Crippen LogP contribution in [0.2, 0.25) is 0 Å². The first-order valence-electron chi connectivity index (χ1n) is 8.09. The molecule has 0 aliphatic carbocycles. The molecule has 3 aromatic heterocycles. The highest BCUT2D eigenvalue weighted by Crippen LogP contribution is 2.17. The fraction of sp³-hybridized carbons (Fsp3) is 0.105. The number of aromatic nitrogens is 4. The van der Waals surface area contributed by atoms with Crippen molar-refractivity contribution in [1.82, 2.24) is 19.2 Å². The van der Waals surface area contributed by atoms with E-state index in [1.54, 1.807) is 36.5 Å². The predicted octanol–water partition coefficient (Wildman–Crippen LogP) is 2.02. The number of pyridine rings is 1. The summed E-state index contributed by atoms with van der Waals surface area (Å²) in [5, 5.41) is 4.49. The molecule has 0 unspecified atom stereocenters. The van der Waals surface area contributed by atoms with Gasteiger partial charge in [0, 0.05) is 23.6 Å². The third-order valence-electron chi connectivity index (χ3n) is 4.33. The highest BCUT2D eigenvalue weighted by molar-refractivity contribution is 5.97. The van der Waals surface area contributed by atoms with Crippen molar-refractivity contribution in [2.75, 3.05) is 7.11 Å². The molecule has 0 saturated heterocycles. The van der Waals surface area contributed by atoms with Gasteiger partial charge in [-0.05, 0) is 25.1 Å². The monoisotopic (exact) mass is 362 g/mol. The lowest BCUT2D eigenvalue weighted by Gasteiger charge is -2.09. The summed E-state index contributed by atoms with van der Waals surface area (Å²) >= 11 is 0. The molecule has 1 aromatic carbocycles. The topological polar surface area (TPSA) is 95.6 Å². The zero-order chi connectivity index (χ0) is 19.1. The Morgan fingerprint density at radius 3 is 2.70 bits per heavy atom. The van der Waals surface area contributed by atoms with Gasteiger partial charge in [0.2, 0.25) is 0 Å². The predicted molar refractivity (Wildman–Crippen MR) is 97.4 cm³/mol. The standard InChI is InChI=1S/C19H14N4O4/c1-11(24)12-4-3-5-13(8-12)22-7-6-16-14(18(22)25)9-20-17-15(19(26)27-2)10-21-23(16)17/h3-10H,1-2H3. The van der Waals surface area contributed by atoms with Crippen LogP contribution in [0.3, 0.4) is 0 Å². The van der Waals surface area contributed by atoms with E-state index < -0.39 is 5.97 Å². The number of Topliss-reactive ketones (excluding diaryl/α,β-unsaturated/α-hetero) is 1. The molecule has 3 heterocycles. The summed E-state index contributed by atoms with van der Waals surface area (Å²) in [6.45, 7) is 1.47. The second kappa shape index (κ2) is 6.17. The number of fused-ring (bicyclic) bond motifs is 3. The molecule has 0 spiro atoms. The summed E-state index contributed by atoms with van der Waals surface area (Å²) in [4.78, 5) is 40.6. The van der Waals surface area contributed by atoms with Crippen LogP contribution in [0.1, 0.15) is 27.6 Å². The van der Waals surface area contributed by atoms with Crippen molar-refractivity contribution in [2.24, 2.45) is 0 Å². The maximum atomic E-state index is 13.0. The Bertz CT molecular complexity index is 1290. The van der Waals surface area contributed by atoms with E-state index in [4.69, 9.17) is 4.74 Å². The van der Waals surface area contributed by atoms with E-state index in [1.807, 2.05) is 0 Å². The first kappa shape index (κ1) is 16.6. The number of hydrogen-bond donors (Lipinski definition) is 0. The molecular weight excluding hydrogens is 348 g/mol. The molecule has 8 nitrogen and oxygen atoms in total. The summed E-state index contributed by atoms with van der Waals surface area (Å²) in [6, 6.07) is 8.53. The molecule has 27 heavy (non-hydrogen) atoms. The number of ketones is 1. The molecule has 0 fully saturated rings. The van der Waals surface area contributed by atoms with Crippen LogP contribution in [0, 0.1) is 0 Å². The second-order valence-corrected chi connectivity index (χ2v) is 5.94. The van der Waals surface area contributed by atoms with Crippen molar-refractivity contribution in [3.05, 3.63) is 70.4 Å². The lowest BCUT2D eigenvalue weighted by atomic mass is 10.1. The Hall–Kier alpha value is -3.81. The van der Waals surface area contributed by atoms with Gasteiger partial charge in [-0.15, -0.1) is 0 Å². The number of methoxy groups -OCH3 is 1. The minimum atomic E-state index is -0.550. The van der Waals surface area contributed by atoms with E-state index in [0.29, 0.717) is 27.8 Å². The number of hydrogen-bond acceptors (Lipinski definition) is 6. The van der Waals surface area contributed by atoms with Crippen molar-refractivity contribution in [2.45, 2.75) is 6.92 Å². The Balaban J connectivity index is 1.94. The third-order valence-corrected chi connectivity index (χ3v) is 4.33. The highest BCUT2D eigenvalue weighted by Gasteiger charge is 2.17. The molecule has 134 valence electrons. The first-order valence-corrected chi connectivity index (χ1v) is 8.09. The number of ether oxygens (including phenoxy) is 1. The van der Waals surface area contributed by atoms with E-state index >= 15 is 0 Å². The quantitative estimate of drug-likeness (QED) is 0.409. The van der Waals surface area contributed by atoms with Crippen molar-refractivity contribution in [3.8, 4) is 5.69 Å². The smallest absolute Gasteiger partial charge is 0.343 e. The van der Waals surface area contributed by atoms with E-state index in [-0.39, 0.29) is 16.9 Å². The number of benzene rings is 1. The molecule has 0 aliphatic rings. The van der Waals surface area contributed by atoms with Crippen molar-refractivity contribution in [3.63, 3.8) is 0 Å². The van der Waals surface area contributed by atoms with Crippen LogP contribution in [0.25, 0.3) is 22.2 Å². The van der Waals surface area contributed by atoms with Gasteiger partial charge >= 0.3 is 5.97 Å². The van der Waals surface area contributed by atoms with Gasteiger partial charge in [-0.2, -0.15) is 5.10 Å². The molecular formula is C19H14N4O4. The summed E-state index contributed by atoms with van der Waals surface area (Å²) in [7, 11) is 1.28. The number of rotatable bonds is 3. The van der Waals surface area contributed by atoms with Gasteiger partial charge in [-0.3, -0.25) is 14.2 Å². The summed E-state index contributed by atoms with van der Waals surface area (Å²) in [6.07, 6.45) is 4.37. The van der Waals surface area contributed by atoms with Crippen LogP contribution in [-0.2, 0) is 4.74 Å². The maximum absolute atomic E-state index is 13.0. The molecule has 0 amide bonds. The average molecular weight is 362 g/mol. The number of carbonyl (C=O) groups is 2. The Morgan fingerprint density at radius 1 is 1.15 bits per heavy atom. The lowest BCUT2D eigenvalue weighted by Crippen LogP contribution is -2.19. The molecule has 0 radical (unpaired) electrons. The van der Waals surface area contributed by atoms with E-state index in [2.05, 4.69) is 10.1 Å². The molecule has 0 aliphatic heterocycles. The average Bonchev–Trinajstić information content (AvgIpc) is 3.12. The molecule has 4 rings (SSSR count). The molecule has 0 saturated carbocycles. The second-order valence-electron chi connectivity index (χ2n) is 5.94. The van der Waals surface area contributed by atoms with Gasteiger partial charge in [0.15, 0.2) is 11.4 Å². The van der Waals surface area contributed by atoms with Crippen LogP contribution in [0.4, 0.5) is 0 Å². The van der Waals surface area contributed by atoms with Crippen molar-refractivity contribution < 1.29 is 14.3 Å². The van der Waals surface area contributed by atoms with Crippen LogP contribution < -0.4 is 5.56 Å². The Kier molecular flexibility index (Phi) is 3.80. The lowest BCUT2D eigenvalue weighted by molar-refractivity contribution is 0.0602. The van der Waals surface area contributed by atoms with Crippen LogP contribution in [0.15, 0.2) is 53.7 Å². The molecule has 0 N–H and O–H groups in total. The largest absolute Gasteiger partial charge is 0.465 e. The van der Waals surface area contributed by atoms with E-state index in [9.17, 15) is 14.4 Å². The van der Waals surface area contributed by atoms with Gasteiger partial charge in [0.05, 0.1) is 24.2 Å². The van der Waals surface area contributed by atoms with Gasteiger partial charge in [-0.25, -0.2) is 14.3 Å². The van der Waals surface area contributed by atoms with Crippen LogP contribution in [-0.4, -0.2) is 38.0 Å². The molecule has 8 heteroatoms. The van der Waals surface area contributed by atoms with E-state index in [1.165, 1.54) is 35.5 Å². The molecule has 4 aromatic rings. The minimum absolute atomic E-state index is 0.0825. The molecule has 0 atom stereocenters. The Labute approximate surface area is 152 Å². The van der Waals surface area contributed by atoms with Gasteiger partial charge in [0.25, 0.3) is 5.56 Å². The van der Waals surface area contributed by atoms with E-state index in [0.717, 1.165) is 0 Å². The fourth-order valence-electron chi connectivity index (χ4n) is 2.95. The SMILES string of the molecule is COC(=O)c1cnn2c1ncc1c(=O)n(-c3cccc(C(C)=O)c3)ccc12. The number of nitrogens with zero attached hydrogens (tertiary/aromatic N) is 4. The van der Waals surface area contributed by atoms with Gasteiger partial charge < -0.3 is 4.74 Å². The highest BCUT2D eigenvalue weighted by atomic mass is 16.5. The number of carbonyl (C=O) groups excluding carboxylic acids is 2. The third kappa shape index (κ3) is 2.58. The van der Waals surface area contributed by atoms with Crippen LogP contribution >= 0.6 is 0 Å². The maximum Gasteiger partial charge on any atom is 0.343 e. The minimum Gasteiger partial charge on any atom is -0.465 e. The van der Waals surface area contributed by atoms with Gasteiger partial charge in [0.1, 0.15) is 5.56 Å². The normalized spacial score (nSPS) is 11.0. The number of esters is 1. The fourth-order valence-corrected chi connectivity index (χ4v) is 2.95. The zero-order valence-corrected chi connectivity index (χ0v) is 14.5.